The standard InChI is InChI=1S/C22H18Cl2FN3O4S/c1-11(18-16(23)5-6-17(25)19(18)24)32-21-20-14(9-27-22(21)26)15(10-31-20)13-4-2-3-12(7-13)8-28-33(29)30/h2-7,9-11,28H,8H2,1H3,(H2,26,27)(H,29,30)/p-1/t11-/m1/s1. The molecule has 4 rings (SSSR count). The van der Waals surface area contributed by atoms with E-state index in [1.807, 2.05) is 12.1 Å². The van der Waals surface area contributed by atoms with Crippen LogP contribution >= 0.6 is 23.2 Å². The maximum atomic E-state index is 14.0. The summed E-state index contributed by atoms with van der Waals surface area (Å²) >= 11 is 9.96. The van der Waals surface area contributed by atoms with E-state index in [4.69, 9.17) is 38.1 Å². The third-order valence-electron chi connectivity index (χ3n) is 5.01. The molecule has 2 aromatic carbocycles. The zero-order valence-corrected chi connectivity index (χ0v) is 19.4. The lowest BCUT2D eigenvalue weighted by atomic mass is 10.0. The monoisotopic (exact) mass is 508 g/mol. The molecule has 1 unspecified atom stereocenters. The molecule has 0 aliphatic heterocycles. The molecule has 4 aromatic rings. The molecule has 0 radical (unpaired) electrons. The highest BCUT2D eigenvalue weighted by atomic mass is 35.5. The second-order valence-electron chi connectivity index (χ2n) is 7.14. The predicted molar refractivity (Wildman–Crippen MR) is 125 cm³/mol. The Morgan fingerprint density at radius 1 is 1.33 bits per heavy atom. The van der Waals surface area contributed by atoms with Crippen molar-refractivity contribution >= 4 is 51.3 Å². The quantitative estimate of drug-likeness (QED) is 0.250. The van der Waals surface area contributed by atoms with Gasteiger partial charge < -0.3 is 19.4 Å². The Balaban J connectivity index is 1.72. The maximum Gasteiger partial charge on any atom is 0.205 e. The van der Waals surface area contributed by atoms with Crippen molar-refractivity contribution in [3.05, 3.63) is 75.8 Å². The molecule has 0 aliphatic carbocycles. The topological polar surface area (TPSA) is 113 Å². The second-order valence-corrected chi connectivity index (χ2v) is 8.68. The molecule has 2 aromatic heterocycles. The van der Waals surface area contributed by atoms with Crippen LogP contribution in [-0.2, 0) is 17.8 Å². The number of halogens is 3. The lowest BCUT2D eigenvalue weighted by molar-refractivity contribution is 0.227. The minimum atomic E-state index is -2.37. The first-order valence-electron chi connectivity index (χ1n) is 9.64. The molecule has 0 aliphatic rings. The van der Waals surface area contributed by atoms with Gasteiger partial charge in [-0.2, -0.15) is 0 Å². The Morgan fingerprint density at radius 3 is 2.88 bits per heavy atom. The zero-order chi connectivity index (χ0) is 23.7. The lowest BCUT2D eigenvalue weighted by Crippen LogP contribution is -2.15. The molecular formula is C22H17Cl2FN3O4S-. The number of nitrogens with two attached hydrogens (primary N) is 1. The van der Waals surface area contributed by atoms with Gasteiger partial charge in [0.05, 0.1) is 16.7 Å². The molecule has 0 fully saturated rings. The number of fused-ring (bicyclic) bond motifs is 1. The van der Waals surface area contributed by atoms with Crippen molar-refractivity contribution < 1.29 is 22.3 Å². The van der Waals surface area contributed by atoms with Crippen molar-refractivity contribution in [1.82, 2.24) is 9.71 Å². The molecule has 0 amide bonds. The van der Waals surface area contributed by atoms with Gasteiger partial charge in [0.1, 0.15) is 11.9 Å². The summed E-state index contributed by atoms with van der Waals surface area (Å²) in [4.78, 5) is 4.22. The molecule has 2 atom stereocenters. The van der Waals surface area contributed by atoms with E-state index in [0.29, 0.717) is 16.5 Å². The summed E-state index contributed by atoms with van der Waals surface area (Å²) < 4.78 is 49.7. The minimum Gasteiger partial charge on any atom is -0.760 e. The van der Waals surface area contributed by atoms with Gasteiger partial charge in [-0.15, -0.1) is 0 Å². The normalized spacial score (nSPS) is 13.2. The van der Waals surface area contributed by atoms with Gasteiger partial charge in [-0.3, -0.25) is 4.21 Å². The maximum absolute atomic E-state index is 14.0. The molecule has 3 N–H and O–H groups in total. The number of nitrogen functional groups attached to an aromatic ring is 1. The number of hydrogen-bond donors (Lipinski definition) is 2. The van der Waals surface area contributed by atoms with Crippen LogP contribution in [0.15, 0.2) is 53.3 Å². The number of pyridine rings is 1. The molecule has 7 nitrogen and oxygen atoms in total. The Morgan fingerprint density at radius 2 is 2.12 bits per heavy atom. The molecule has 33 heavy (non-hydrogen) atoms. The Bertz CT molecular complexity index is 1370. The average Bonchev–Trinajstić information content (AvgIpc) is 3.22. The smallest absolute Gasteiger partial charge is 0.205 e. The number of furan rings is 1. The van der Waals surface area contributed by atoms with Crippen LogP contribution < -0.4 is 15.2 Å². The minimum absolute atomic E-state index is 0.0785. The molecular weight excluding hydrogens is 492 g/mol. The van der Waals surface area contributed by atoms with Gasteiger partial charge in [-0.1, -0.05) is 41.4 Å². The van der Waals surface area contributed by atoms with Crippen molar-refractivity contribution in [3.8, 4) is 16.9 Å². The van der Waals surface area contributed by atoms with Gasteiger partial charge >= 0.3 is 0 Å². The average molecular weight is 509 g/mol. The first-order chi connectivity index (χ1) is 15.8. The first-order valence-corrected chi connectivity index (χ1v) is 11.5. The lowest BCUT2D eigenvalue weighted by Gasteiger charge is -2.18. The summed E-state index contributed by atoms with van der Waals surface area (Å²) in [6.07, 6.45) is 2.33. The summed E-state index contributed by atoms with van der Waals surface area (Å²) in [5, 5.41) is 0.732. The summed E-state index contributed by atoms with van der Waals surface area (Å²) in [6, 6.07) is 9.86. The largest absolute Gasteiger partial charge is 0.760 e. The van der Waals surface area contributed by atoms with E-state index in [0.717, 1.165) is 11.1 Å². The highest BCUT2D eigenvalue weighted by Crippen LogP contribution is 2.41. The summed E-state index contributed by atoms with van der Waals surface area (Å²) in [5.74, 6) is -0.372. The fourth-order valence-electron chi connectivity index (χ4n) is 3.46. The van der Waals surface area contributed by atoms with Gasteiger partial charge in [0, 0.05) is 40.2 Å². The van der Waals surface area contributed by atoms with Crippen LogP contribution in [0.25, 0.3) is 22.1 Å². The molecule has 0 saturated heterocycles. The van der Waals surface area contributed by atoms with Crippen LogP contribution in [0.1, 0.15) is 24.2 Å². The number of nitrogens with zero attached hydrogens (tertiary/aromatic N) is 1. The fourth-order valence-corrected chi connectivity index (χ4v) is 4.42. The van der Waals surface area contributed by atoms with Crippen LogP contribution in [0.5, 0.6) is 5.75 Å². The van der Waals surface area contributed by atoms with E-state index in [-0.39, 0.29) is 33.7 Å². The summed E-state index contributed by atoms with van der Waals surface area (Å²) in [7, 11) is 0. The Hall–Kier alpha value is -2.69. The van der Waals surface area contributed by atoms with Gasteiger partial charge in [0.2, 0.25) is 5.75 Å². The second kappa shape index (κ2) is 9.66. The van der Waals surface area contributed by atoms with Gasteiger partial charge in [-0.25, -0.2) is 14.1 Å². The van der Waals surface area contributed by atoms with Crippen molar-refractivity contribution in [2.24, 2.45) is 0 Å². The summed E-state index contributed by atoms with van der Waals surface area (Å²) in [6.45, 7) is 1.80. The third-order valence-corrected chi connectivity index (χ3v) is 6.11. The van der Waals surface area contributed by atoms with Crippen LogP contribution in [0.4, 0.5) is 10.2 Å². The van der Waals surface area contributed by atoms with E-state index in [9.17, 15) is 13.2 Å². The van der Waals surface area contributed by atoms with Crippen molar-refractivity contribution in [2.75, 3.05) is 5.73 Å². The number of benzene rings is 2. The molecule has 11 heteroatoms. The number of hydrogen-bond acceptors (Lipinski definition) is 6. The molecule has 0 spiro atoms. The SMILES string of the molecule is C[C@@H](Oc1c(N)ncc2c(-c3cccc(CNS(=O)[O-])c3)coc12)c1c(Cl)ccc(F)c1Cl. The molecule has 2 heterocycles. The van der Waals surface area contributed by atoms with Gasteiger partial charge in [0.15, 0.2) is 11.4 Å². The molecule has 172 valence electrons. The van der Waals surface area contributed by atoms with Crippen molar-refractivity contribution in [2.45, 2.75) is 19.6 Å². The molecule has 0 bridgehead atoms. The number of rotatable bonds is 7. The fraction of sp³-hybridized carbons (Fsp3) is 0.136. The van der Waals surface area contributed by atoms with Crippen LogP contribution in [-0.4, -0.2) is 13.7 Å². The van der Waals surface area contributed by atoms with Crippen molar-refractivity contribution in [3.63, 3.8) is 0 Å². The van der Waals surface area contributed by atoms with Crippen LogP contribution in [0.3, 0.4) is 0 Å². The first kappa shape index (κ1) is 23.5. The molecule has 0 saturated carbocycles. The van der Waals surface area contributed by atoms with Gasteiger partial charge in [-0.05, 0) is 36.2 Å². The number of nitrogens with one attached hydrogen (secondary N) is 1. The highest BCUT2D eigenvalue weighted by molar-refractivity contribution is 7.77. The van der Waals surface area contributed by atoms with Crippen LogP contribution in [0, 0.1) is 5.82 Å². The third kappa shape index (κ3) is 4.83. The number of anilines is 1. The highest BCUT2D eigenvalue weighted by Gasteiger charge is 2.23. The van der Waals surface area contributed by atoms with Gasteiger partial charge in [0.25, 0.3) is 0 Å². The Kier molecular flexibility index (Phi) is 6.87. The van der Waals surface area contributed by atoms with E-state index in [2.05, 4.69) is 9.71 Å². The van der Waals surface area contributed by atoms with Crippen molar-refractivity contribution in [1.29, 1.82) is 0 Å². The van der Waals surface area contributed by atoms with Crippen LogP contribution in [0.2, 0.25) is 10.0 Å². The zero-order valence-electron chi connectivity index (χ0n) is 17.1. The van der Waals surface area contributed by atoms with E-state index < -0.39 is 23.2 Å². The number of ether oxygens (including phenoxy) is 1. The van der Waals surface area contributed by atoms with E-state index in [1.165, 1.54) is 18.4 Å². The predicted octanol–water partition coefficient (Wildman–Crippen LogP) is 5.55. The Labute approximate surface area is 201 Å². The number of aromatic nitrogens is 1. The van der Waals surface area contributed by atoms with E-state index >= 15 is 0 Å². The van der Waals surface area contributed by atoms with E-state index in [1.54, 1.807) is 25.3 Å². The summed E-state index contributed by atoms with van der Waals surface area (Å²) in [5.41, 5.74) is 8.93.